The van der Waals surface area contributed by atoms with Gasteiger partial charge in [0, 0.05) is 0 Å². The minimum absolute atomic E-state index is 0.0806. The van der Waals surface area contributed by atoms with E-state index in [4.69, 9.17) is 15.1 Å². The lowest BCUT2D eigenvalue weighted by Crippen LogP contribution is -2.12. The molecule has 1 unspecified atom stereocenters. The van der Waals surface area contributed by atoms with E-state index >= 15 is 0 Å². The summed E-state index contributed by atoms with van der Waals surface area (Å²) in [5.74, 6) is -0.794. The van der Waals surface area contributed by atoms with Crippen molar-refractivity contribution in [2.45, 2.75) is 20.0 Å². The van der Waals surface area contributed by atoms with Gasteiger partial charge in [-0.3, -0.25) is 0 Å². The van der Waals surface area contributed by atoms with Gasteiger partial charge in [0.1, 0.15) is 17.4 Å². The first-order chi connectivity index (χ1) is 7.06. The Morgan fingerprint density at radius 1 is 1.60 bits per heavy atom. The molecule has 0 aromatic heterocycles. The van der Waals surface area contributed by atoms with E-state index in [1.54, 1.807) is 26.0 Å². The third kappa shape index (κ3) is 2.47. The molecule has 1 aromatic rings. The maximum absolute atomic E-state index is 10.9. The largest absolute Gasteiger partial charge is 0.478 e. The summed E-state index contributed by atoms with van der Waals surface area (Å²) < 4.78 is 5.24. The number of carboxylic acids is 1. The summed E-state index contributed by atoms with van der Waals surface area (Å²) in [5, 5.41) is 17.5. The second kappa shape index (κ2) is 4.47. The van der Waals surface area contributed by atoms with Crippen molar-refractivity contribution in [3.05, 3.63) is 29.3 Å². The van der Waals surface area contributed by atoms with Gasteiger partial charge in [-0.25, -0.2) is 4.79 Å². The number of benzene rings is 1. The zero-order valence-electron chi connectivity index (χ0n) is 8.52. The molecule has 0 radical (unpaired) electrons. The average Bonchev–Trinajstić information content (AvgIpc) is 2.20. The van der Waals surface area contributed by atoms with Crippen LogP contribution in [0, 0.1) is 18.3 Å². The van der Waals surface area contributed by atoms with Crippen molar-refractivity contribution in [3.8, 4) is 11.8 Å². The van der Waals surface area contributed by atoms with Crippen LogP contribution in [0.15, 0.2) is 18.2 Å². The standard InChI is InChI=1S/C11H11NO3/c1-7-4-3-5-9(11(13)14)10(7)15-8(2)6-12/h3-5,8H,1-2H3,(H,13,14). The van der Waals surface area contributed by atoms with E-state index in [2.05, 4.69) is 0 Å². The fraction of sp³-hybridized carbons (Fsp3) is 0.273. The van der Waals surface area contributed by atoms with Crippen molar-refractivity contribution in [1.29, 1.82) is 5.26 Å². The minimum Gasteiger partial charge on any atom is -0.478 e. The zero-order valence-corrected chi connectivity index (χ0v) is 8.52. The van der Waals surface area contributed by atoms with Gasteiger partial charge in [0.15, 0.2) is 6.10 Å². The highest BCUT2D eigenvalue weighted by Crippen LogP contribution is 2.24. The molecule has 1 atom stereocenters. The lowest BCUT2D eigenvalue weighted by molar-refractivity contribution is 0.0691. The van der Waals surface area contributed by atoms with E-state index in [0.717, 1.165) is 0 Å². The molecule has 0 bridgehead atoms. The first kappa shape index (κ1) is 11.1. The molecule has 0 saturated carbocycles. The monoisotopic (exact) mass is 205 g/mol. The number of aromatic carboxylic acids is 1. The van der Waals surface area contributed by atoms with Gasteiger partial charge in [0.05, 0.1) is 0 Å². The van der Waals surface area contributed by atoms with Gasteiger partial charge >= 0.3 is 5.97 Å². The fourth-order valence-electron chi connectivity index (χ4n) is 1.18. The van der Waals surface area contributed by atoms with E-state index in [9.17, 15) is 4.79 Å². The Morgan fingerprint density at radius 2 is 2.27 bits per heavy atom. The van der Waals surface area contributed by atoms with Crippen LogP contribution in [-0.4, -0.2) is 17.2 Å². The molecule has 0 saturated heterocycles. The summed E-state index contributed by atoms with van der Waals surface area (Å²) in [4.78, 5) is 10.9. The Bertz CT molecular complexity index is 420. The topological polar surface area (TPSA) is 70.3 Å². The summed E-state index contributed by atoms with van der Waals surface area (Å²) in [7, 11) is 0. The van der Waals surface area contributed by atoms with Gasteiger partial charge in [-0.1, -0.05) is 12.1 Å². The van der Waals surface area contributed by atoms with Crippen LogP contribution in [0.4, 0.5) is 0 Å². The number of nitrogens with zero attached hydrogens (tertiary/aromatic N) is 1. The number of carbonyl (C=O) groups is 1. The number of hydrogen-bond acceptors (Lipinski definition) is 3. The minimum atomic E-state index is -1.06. The predicted molar refractivity (Wildman–Crippen MR) is 53.8 cm³/mol. The van der Waals surface area contributed by atoms with Crippen molar-refractivity contribution in [3.63, 3.8) is 0 Å². The van der Waals surface area contributed by atoms with Crippen molar-refractivity contribution in [2.75, 3.05) is 0 Å². The number of ether oxygens (including phenoxy) is 1. The van der Waals surface area contributed by atoms with Crippen LogP contribution < -0.4 is 4.74 Å². The third-order valence-corrected chi connectivity index (χ3v) is 1.92. The van der Waals surface area contributed by atoms with E-state index in [-0.39, 0.29) is 11.3 Å². The first-order valence-electron chi connectivity index (χ1n) is 4.45. The van der Waals surface area contributed by atoms with Crippen molar-refractivity contribution < 1.29 is 14.6 Å². The number of aryl methyl sites for hydroxylation is 1. The molecule has 15 heavy (non-hydrogen) atoms. The second-order valence-corrected chi connectivity index (χ2v) is 3.15. The van der Waals surface area contributed by atoms with E-state index < -0.39 is 12.1 Å². The average molecular weight is 205 g/mol. The molecule has 4 heteroatoms. The molecule has 0 heterocycles. The summed E-state index contributed by atoms with van der Waals surface area (Å²) >= 11 is 0. The quantitative estimate of drug-likeness (QED) is 0.819. The molecule has 1 rings (SSSR count). The zero-order chi connectivity index (χ0) is 11.4. The van der Waals surface area contributed by atoms with E-state index in [1.165, 1.54) is 6.07 Å². The van der Waals surface area contributed by atoms with Crippen LogP contribution in [0.5, 0.6) is 5.75 Å². The molecule has 0 fully saturated rings. The molecular weight excluding hydrogens is 194 g/mol. The molecule has 0 aliphatic carbocycles. The van der Waals surface area contributed by atoms with E-state index in [0.29, 0.717) is 5.56 Å². The summed E-state index contributed by atoms with van der Waals surface area (Å²) in [5.41, 5.74) is 0.786. The van der Waals surface area contributed by atoms with Crippen molar-refractivity contribution in [2.24, 2.45) is 0 Å². The van der Waals surface area contributed by atoms with Crippen LogP contribution in [0.3, 0.4) is 0 Å². The number of carboxylic acid groups (broad SMARTS) is 1. The highest BCUT2D eigenvalue weighted by atomic mass is 16.5. The Balaban J connectivity index is 3.14. The summed E-state index contributed by atoms with van der Waals surface area (Å²) in [6.07, 6.45) is -0.663. The summed E-state index contributed by atoms with van der Waals surface area (Å²) in [6, 6.07) is 6.73. The Labute approximate surface area is 87.7 Å². The van der Waals surface area contributed by atoms with Gasteiger partial charge in [0.2, 0.25) is 0 Å². The van der Waals surface area contributed by atoms with E-state index in [1.807, 2.05) is 6.07 Å². The number of rotatable bonds is 3. The van der Waals surface area contributed by atoms with Gasteiger partial charge in [-0.05, 0) is 25.5 Å². The number of hydrogen-bond donors (Lipinski definition) is 1. The molecule has 0 spiro atoms. The predicted octanol–water partition coefficient (Wildman–Crippen LogP) is 1.98. The first-order valence-corrected chi connectivity index (χ1v) is 4.45. The molecule has 78 valence electrons. The Morgan fingerprint density at radius 3 is 2.80 bits per heavy atom. The maximum Gasteiger partial charge on any atom is 0.339 e. The van der Waals surface area contributed by atoms with Gasteiger partial charge in [-0.15, -0.1) is 0 Å². The van der Waals surface area contributed by atoms with Gasteiger partial charge in [0.25, 0.3) is 0 Å². The summed E-state index contributed by atoms with van der Waals surface area (Å²) in [6.45, 7) is 3.31. The van der Waals surface area contributed by atoms with Crippen LogP contribution in [0.1, 0.15) is 22.8 Å². The van der Waals surface area contributed by atoms with Crippen LogP contribution in [0.25, 0.3) is 0 Å². The highest BCUT2D eigenvalue weighted by molar-refractivity contribution is 5.91. The lowest BCUT2D eigenvalue weighted by Gasteiger charge is -2.12. The lowest BCUT2D eigenvalue weighted by atomic mass is 10.1. The number of nitriles is 1. The Hall–Kier alpha value is -2.02. The molecule has 1 N–H and O–H groups in total. The highest BCUT2D eigenvalue weighted by Gasteiger charge is 2.15. The SMILES string of the molecule is Cc1cccc(C(=O)O)c1OC(C)C#N. The second-order valence-electron chi connectivity index (χ2n) is 3.15. The molecule has 0 amide bonds. The van der Waals surface area contributed by atoms with Crippen molar-refractivity contribution in [1.82, 2.24) is 0 Å². The maximum atomic E-state index is 10.9. The third-order valence-electron chi connectivity index (χ3n) is 1.92. The molecule has 1 aromatic carbocycles. The van der Waals surface area contributed by atoms with Crippen LogP contribution >= 0.6 is 0 Å². The van der Waals surface area contributed by atoms with Gasteiger partial charge in [-0.2, -0.15) is 5.26 Å². The molecular formula is C11H11NO3. The smallest absolute Gasteiger partial charge is 0.339 e. The van der Waals surface area contributed by atoms with Crippen LogP contribution in [0.2, 0.25) is 0 Å². The number of para-hydroxylation sites is 1. The fourth-order valence-corrected chi connectivity index (χ4v) is 1.18. The van der Waals surface area contributed by atoms with Gasteiger partial charge < -0.3 is 9.84 Å². The van der Waals surface area contributed by atoms with Crippen LogP contribution in [-0.2, 0) is 0 Å². The molecule has 0 aliphatic heterocycles. The van der Waals surface area contributed by atoms with Crippen molar-refractivity contribution >= 4 is 5.97 Å². The normalized spacial score (nSPS) is 11.5. The molecule has 4 nitrogen and oxygen atoms in total. The molecule has 0 aliphatic rings. The Kier molecular flexibility index (Phi) is 3.29.